The number of aryl methyl sites for hydroxylation is 1. The minimum Gasteiger partial charge on any atom is -0.483 e. The summed E-state index contributed by atoms with van der Waals surface area (Å²) in [5, 5.41) is 0. The molecule has 0 aliphatic rings. The molecule has 0 bridgehead atoms. The molecule has 0 unspecified atom stereocenters. The second kappa shape index (κ2) is 5.49. The van der Waals surface area contributed by atoms with Gasteiger partial charge >= 0.3 is 0 Å². The van der Waals surface area contributed by atoms with Gasteiger partial charge in [0.2, 0.25) is 0 Å². The summed E-state index contributed by atoms with van der Waals surface area (Å²) in [7, 11) is 1.71. The molecule has 4 heteroatoms. The smallest absolute Gasteiger partial charge is 0.260 e. The van der Waals surface area contributed by atoms with Gasteiger partial charge in [-0.2, -0.15) is 0 Å². The zero-order valence-corrected chi connectivity index (χ0v) is 9.79. The molecular weight excluding hydrogens is 209 g/mol. The van der Waals surface area contributed by atoms with E-state index in [1.54, 1.807) is 18.9 Å². The highest BCUT2D eigenvalue weighted by Gasteiger charge is 2.08. The summed E-state index contributed by atoms with van der Waals surface area (Å²) in [6.07, 6.45) is 0. The van der Waals surface area contributed by atoms with E-state index in [0.29, 0.717) is 17.9 Å². The van der Waals surface area contributed by atoms with Crippen molar-refractivity contribution in [3.05, 3.63) is 29.6 Å². The van der Waals surface area contributed by atoms with E-state index in [2.05, 4.69) is 0 Å². The fourth-order valence-corrected chi connectivity index (χ4v) is 1.20. The summed E-state index contributed by atoms with van der Waals surface area (Å²) in [6, 6.07) is 4.23. The van der Waals surface area contributed by atoms with Crippen LogP contribution in [0, 0.1) is 12.7 Å². The Morgan fingerprint density at radius 3 is 2.75 bits per heavy atom. The van der Waals surface area contributed by atoms with Gasteiger partial charge in [0.1, 0.15) is 11.6 Å². The number of ether oxygens (including phenoxy) is 1. The zero-order chi connectivity index (χ0) is 12.1. The fourth-order valence-electron chi connectivity index (χ4n) is 1.20. The molecule has 1 aromatic carbocycles. The van der Waals surface area contributed by atoms with Crippen LogP contribution in [0.1, 0.15) is 12.5 Å². The molecule has 16 heavy (non-hydrogen) atoms. The maximum Gasteiger partial charge on any atom is 0.260 e. The quantitative estimate of drug-likeness (QED) is 0.784. The highest BCUT2D eigenvalue weighted by atomic mass is 19.1. The number of nitrogens with zero attached hydrogens (tertiary/aromatic N) is 1. The van der Waals surface area contributed by atoms with Crippen molar-refractivity contribution in [2.24, 2.45) is 0 Å². The minimum atomic E-state index is -0.304. The lowest BCUT2D eigenvalue weighted by atomic mass is 10.2. The second-order valence-electron chi connectivity index (χ2n) is 3.61. The van der Waals surface area contributed by atoms with Crippen LogP contribution in [0.3, 0.4) is 0 Å². The average molecular weight is 225 g/mol. The van der Waals surface area contributed by atoms with Crippen molar-refractivity contribution < 1.29 is 13.9 Å². The maximum absolute atomic E-state index is 12.8. The van der Waals surface area contributed by atoms with Gasteiger partial charge in [-0.25, -0.2) is 4.39 Å². The van der Waals surface area contributed by atoms with Crippen molar-refractivity contribution in [1.29, 1.82) is 0 Å². The standard InChI is InChI=1S/C12H16FNO2/c1-4-14(3)12(15)8-16-11-6-5-10(13)7-9(11)2/h5-7H,4,8H2,1-3H3. The molecule has 1 aromatic rings. The van der Waals surface area contributed by atoms with E-state index >= 15 is 0 Å². The lowest BCUT2D eigenvalue weighted by molar-refractivity contribution is -0.131. The molecule has 0 spiro atoms. The topological polar surface area (TPSA) is 29.5 Å². The number of halogens is 1. The van der Waals surface area contributed by atoms with E-state index < -0.39 is 0 Å². The molecular formula is C12H16FNO2. The third kappa shape index (κ3) is 3.22. The predicted molar refractivity (Wildman–Crippen MR) is 59.9 cm³/mol. The first-order valence-corrected chi connectivity index (χ1v) is 5.17. The summed E-state index contributed by atoms with van der Waals surface area (Å²) in [5.74, 6) is 0.146. The van der Waals surface area contributed by atoms with Crippen molar-refractivity contribution in [2.45, 2.75) is 13.8 Å². The summed E-state index contributed by atoms with van der Waals surface area (Å²) in [5.41, 5.74) is 0.687. The average Bonchev–Trinajstić information content (AvgIpc) is 2.26. The molecule has 1 amide bonds. The highest BCUT2D eigenvalue weighted by Crippen LogP contribution is 2.18. The third-order valence-corrected chi connectivity index (χ3v) is 2.39. The summed E-state index contributed by atoms with van der Waals surface area (Å²) >= 11 is 0. The van der Waals surface area contributed by atoms with Crippen molar-refractivity contribution in [3.8, 4) is 5.75 Å². The van der Waals surface area contributed by atoms with E-state index in [9.17, 15) is 9.18 Å². The van der Waals surface area contributed by atoms with Crippen LogP contribution in [0.4, 0.5) is 4.39 Å². The molecule has 0 atom stereocenters. The van der Waals surface area contributed by atoms with Crippen molar-refractivity contribution >= 4 is 5.91 Å². The first-order valence-electron chi connectivity index (χ1n) is 5.17. The molecule has 3 nitrogen and oxygen atoms in total. The Kier molecular flexibility index (Phi) is 4.28. The van der Waals surface area contributed by atoms with Crippen LogP contribution in [0.15, 0.2) is 18.2 Å². The number of benzene rings is 1. The molecule has 0 aliphatic heterocycles. The first-order chi connectivity index (χ1) is 7.54. The molecule has 88 valence electrons. The Balaban J connectivity index is 2.58. The van der Waals surface area contributed by atoms with Gasteiger partial charge in [0.05, 0.1) is 0 Å². The highest BCUT2D eigenvalue weighted by molar-refractivity contribution is 5.77. The molecule has 0 fully saturated rings. The molecule has 0 saturated carbocycles. The summed E-state index contributed by atoms with van der Waals surface area (Å²) < 4.78 is 18.1. The molecule has 0 aromatic heterocycles. The Morgan fingerprint density at radius 1 is 1.50 bits per heavy atom. The number of hydrogen-bond donors (Lipinski definition) is 0. The second-order valence-corrected chi connectivity index (χ2v) is 3.61. The van der Waals surface area contributed by atoms with E-state index in [4.69, 9.17) is 4.74 Å². The Bertz CT molecular complexity index is 379. The first kappa shape index (κ1) is 12.5. The van der Waals surface area contributed by atoms with Crippen LogP contribution in [-0.4, -0.2) is 31.0 Å². The Labute approximate surface area is 94.8 Å². The van der Waals surface area contributed by atoms with Gasteiger partial charge in [0, 0.05) is 13.6 Å². The predicted octanol–water partition coefficient (Wildman–Crippen LogP) is 1.99. The fraction of sp³-hybridized carbons (Fsp3) is 0.417. The number of hydrogen-bond acceptors (Lipinski definition) is 2. The normalized spacial score (nSPS) is 10.0. The number of carbonyl (C=O) groups is 1. The van der Waals surface area contributed by atoms with Gasteiger partial charge in [-0.15, -0.1) is 0 Å². The molecule has 1 rings (SSSR count). The van der Waals surface area contributed by atoms with Crippen molar-refractivity contribution in [1.82, 2.24) is 4.90 Å². The van der Waals surface area contributed by atoms with Gasteiger partial charge in [-0.3, -0.25) is 4.79 Å². The lowest BCUT2D eigenvalue weighted by Gasteiger charge is -2.15. The van der Waals surface area contributed by atoms with E-state index in [1.165, 1.54) is 18.2 Å². The molecule has 0 radical (unpaired) electrons. The lowest BCUT2D eigenvalue weighted by Crippen LogP contribution is -2.31. The van der Waals surface area contributed by atoms with Crippen LogP contribution in [0.2, 0.25) is 0 Å². The summed E-state index contributed by atoms with van der Waals surface area (Å²) in [4.78, 5) is 13.0. The van der Waals surface area contributed by atoms with Gasteiger partial charge in [-0.05, 0) is 37.6 Å². The van der Waals surface area contributed by atoms with Crippen LogP contribution in [0.25, 0.3) is 0 Å². The number of carbonyl (C=O) groups excluding carboxylic acids is 1. The van der Waals surface area contributed by atoms with Crippen LogP contribution >= 0.6 is 0 Å². The van der Waals surface area contributed by atoms with Gasteiger partial charge in [0.25, 0.3) is 5.91 Å². The number of amides is 1. The van der Waals surface area contributed by atoms with E-state index in [0.717, 1.165) is 0 Å². The Morgan fingerprint density at radius 2 is 2.19 bits per heavy atom. The molecule has 0 heterocycles. The number of rotatable bonds is 4. The van der Waals surface area contributed by atoms with Crippen LogP contribution in [-0.2, 0) is 4.79 Å². The Hall–Kier alpha value is -1.58. The van der Waals surface area contributed by atoms with Gasteiger partial charge < -0.3 is 9.64 Å². The minimum absolute atomic E-state index is 0.0171. The number of likely N-dealkylation sites (N-methyl/N-ethyl adjacent to an activating group) is 1. The van der Waals surface area contributed by atoms with Gasteiger partial charge in [0.15, 0.2) is 6.61 Å². The van der Waals surface area contributed by atoms with Gasteiger partial charge in [-0.1, -0.05) is 0 Å². The van der Waals surface area contributed by atoms with Crippen LogP contribution < -0.4 is 4.74 Å². The zero-order valence-electron chi connectivity index (χ0n) is 9.79. The van der Waals surface area contributed by atoms with E-state index in [1.807, 2.05) is 6.92 Å². The summed E-state index contributed by atoms with van der Waals surface area (Å²) in [6.45, 7) is 4.26. The van der Waals surface area contributed by atoms with Crippen molar-refractivity contribution in [3.63, 3.8) is 0 Å². The SMILES string of the molecule is CCN(C)C(=O)COc1ccc(F)cc1C. The molecule has 0 N–H and O–H groups in total. The molecule has 0 aliphatic carbocycles. The largest absolute Gasteiger partial charge is 0.483 e. The molecule has 0 saturated heterocycles. The third-order valence-electron chi connectivity index (χ3n) is 2.39. The van der Waals surface area contributed by atoms with Crippen LogP contribution in [0.5, 0.6) is 5.75 Å². The monoisotopic (exact) mass is 225 g/mol. The van der Waals surface area contributed by atoms with Crippen molar-refractivity contribution in [2.75, 3.05) is 20.2 Å². The maximum atomic E-state index is 12.8. The van der Waals surface area contributed by atoms with E-state index in [-0.39, 0.29) is 18.3 Å².